The summed E-state index contributed by atoms with van der Waals surface area (Å²) in [4.78, 5) is 19.5. The maximum atomic E-state index is 13.5. The fraction of sp³-hybridized carbons (Fsp3) is 0.200. The lowest BCUT2D eigenvalue weighted by atomic mass is 9.94. The third kappa shape index (κ3) is 4.80. The number of oxime groups is 1. The first-order valence-electron chi connectivity index (χ1n) is 10.5. The van der Waals surface area contributed by atoms with E-state index in [-0.39, 0.29) is 5.91 Å². The van der Waals surface area contributed by atoms with Crippen molar-refractivity contribution >= 4 is 50.8 Å². The van der Waals surface area contributed by atoms with Crippen molar-refractivity contribution in [2.45, 2.75) is 18.6 Å². The Kier molecular flexibility index (Phi) is 6.18. The van der Waals surface area contributed by atoms with Gasteiger partial charge >= 0.3 is 0 Å². The third-order valence-electron chi connectivity index (χ3n) is 5.85. The van der Waals surface area contributed by atoms with Crippen LogP contribution < -0.4 is 0 Å². The van der Waals surface area contributed by atoms with Crippen LogP contribution in [-0.4, -0.2) is 40.3 Å². The normalized spacial score (nSPS) is 20.2. The molecule has 3 aromatic carbocycles. The van der Waals surface area contributed by atoms with E-state index in [1.165, 1.54) is 0 Å². The van der Waals surface area contributed by atoms with E-state index in [0.29, 0.717) is 41.7 Å². The Bertz CT molecular complexity index is 1220. The number of nitrogens with zero attached hydrogens (tertiary/aromatic N) is 3. The van der Waals surface area contributed by atoms with Crippen LogP contribution in [0.4, 0.5) is 0 Å². The molecule has 168 valence electrons. The molecular formula is C25H20BrCl2N3O2. The largest absolute Gasteiger partial charge is 0.385 e. The molecule has 0 bridgehead atoms. The minimum atomic E-state index is -0.608. The standard InChI is InChI=1S/C25H20BrCl2N3O2/c26-20-3-1-2-17(12-20)14-30-15-25(13-23(29-33-25)18-4-8-21(27)9-5-18)16-31(30)24(32)19-6-10-22(28)11-7-19/h1-12H,13-16H2. The zero-order chi connectivity index (χ0) is 23.0. The van der Waals surface area contributed by atoms with E-state index in [1.807, 2.05) is 47.5 Å². The number of carbonyl (C=O) groups excluding carboxylic acids is 1. The number of carbonyl (C=O) groups is 1. The Hall–Kier alpha value is -2.38. The Morgan fingerprint density at radius 1 is 1.00 bits per heavy atom. The van der Waals surface area contributed by atoms with Crippen molar-refractivity contribution in [2.75, 3.05) is 13.1 Å². The minimum absolute atomic E-state index is 0.0953. The van der Waals surface area contributed by atoms with E-state index in [1.54, 1.807) is 29.3 Å². The van der Waals surface area contributed by atoms with Gasteiger partial charge in [0.2, 0.25) is 0 Å². The number of hydrogen-bond donors (Lipinski definition) is 0. The highest BCUT2D eigenvalue weighted by Crippen LogP contribution is 2.36. The van der Waals surface area contributed by atoms with Gasteiger partial charge in [0.25, 0.3) is 5.91 Å². The molecule has 0 N–H and O–H groups in total. The molecule has 0 aromatic heterocycles. The molecule has 2 heterocycles. The first-order chi connectivity index (χ1) is 15.9. The summed E-state index contributed by atoms with van der Waals surface area (Å²) in [5.74, 6) is -0.0953. The highest BCUT2D eigenvalue weighted by atomic mass is 79.9. The molecule has 1 spiro atoms. The van der Waals surface area contributed by atoms with Crippen molar-refractivity contribution in [2.24, 2.45) is 5.16 Å². The van der Waals surface area contributed by atoms with E-state index in [0.717, 1.165) is 21.3 Å². The smallest absolute Gasteiger partial charge is 0.268 e. The maximum Gasteiger partial charge on any atom is 0.268 e. The van der Waals surface area contributed by atoms with Gasteiger partial charge in [-0.1, -0.05) is 68.6 Å². The zero-order valence-electron chi connectivity index (χ0n) is 17.5. The average Bonchev–Trinajstić information content (AvgIpc) is 3.37. The molecule has 5 nitrogen and oxygen atoms in total. The van der Waals surface area contributed by atoms with Crippen LogP contribution in [0.15, 0.2) is 82.4 Å². The van der Waals surface area contributed by atoms with Gasteiger partial charge < -0.3 is 4.84 Å². The van der Waals surface area contributed by atoms with Gasteiger partial charge in [0.05, 0.1) is 18.8 Å². The summed E-state index contributed by atoms with van der Waals surface area (Å²) in [5.41, 5.74) is 2.88. The second-order valence-corrected chi connectivity index (χ2v) is 10.1. The molecule has 2 aliphatic heterocycles. The van der Waals surface area contributed by atoms with Crippen molar-refractivity contribution in [3.63, 3.8) is 0 Å². The molecule has 8 heteroatoms. The summed E-state index contributed by atoms with van der Waals surface area (Å²) < 4.78 is 0.995. The minimum Gasteiger partial charge on any atom is -0.385 e. The molecule has 0 radical (unpaired) electrons. The van der Waals surface area contributed by atoms with Crippen LogP contribution in [0, 0.1) is 0 Å². The second kappa shape index (κ2) is 9.11. The van der Waals surface area contributed by atoms with Crippen LogP contribution in [0.25, 0.3) is 0 Å². The Labute approximate surface area is 210 Å². The molecule has 0 saturated carbocycles. The molecule has 1 amide bonds. The Morgan fingerprint density at radius 3 is 2.39 bits per heavy atom. The van der Waals surface area contributed by atoms with Crippen molar-refractivity contribution in [1.82, 2.24) is 10.0 Å². The Morgan fingerprint density at radius 2 is 1.70 bits per heavy atom. The van der Waals surface area contributed by atoms with Crippen LogP contribution in [0.1, 0.15) is 27.9 Å². The molecule has 1 saturated heterocycles. The number of hydrazine groups is 1. The van der Waals surface area contributed by atoms with Crippen molar-refractivity contribution < 1.29 is 9.63 Å². The van der Waals surface area contributed by atoms with Crippen molar-refractivity contribution in [3.05, 3.63) is 104 Å². The van der Waals surface area contributed by atoms with E-state index in [4.69, 9.17) is 28.0 Å². The first kappa shape index (κ1) is 22.4. The van der Waals surface area contributed by atoms with Crippen LogP contribution >= 0.6 is 39.1 Å². The molecule has 33 heavy (non-hydrogen) atoms. The van der Waals surface area contributed by atoms with Gasteiger partial charge in [0.1, 0.15) is 0 Å². The summed E-state index contributed by atoms with van der Waals surface area (Å²) in [6.45, 7) is 1.52. The quantitative estimate of drug-likeness (QED) is 0.393. The predicted octanol–water partition coefficient (Wildman–Crippen LogP) is 6.19. The van der Waals surface area contributed by atoms with Crippen molar-refractivity contribution in [1.29, 1.82) is 0 Å². The van der Waals surface area contributed by atoms with E-state index >= 15 is 0 Å². The zero-order valence-corrected chi connectivity index (χ0v) is 20.6. The van der Waals surface area contributed by atoms with E-state index in [9.17, 15) is 4.79 Å². The SMILES string of the molecule is O=C(c1ccc(Cl)cc1)N1CC2(CC(c3ccc(Cl)cc3)=NO2)CN1Cc1cccc(Br)c1. The van der Waals surface area contributed by atoms with Crippen molar-refractivity contribution in [3.8, 4) is 0 Å². The van der Waals surface area contributed by atoms with Gasteiger partial charge in [-0.3, -0.25) is 9.80 Å². The highest BCUT2D eigenvalue weighted by molar-refractivity contribution is 9.10. The number of amides is 1. The van der Waals surface area contributed by atoms with Crippen LogP contribution in [0.5, 0.6) is 0 Å². The second-order valence-electron chi connectivity index (χ2n) is 8.32. The summed E-state index contributed by atoms with van der Waals surface area (Å²) in [6, 6.07) is 22.6. The van der Waals surface area contributed by atoms with Gasteiger partial charge in [-0.2, -0.15) is 0 Å². The van der Waals surface area contributed by atoms with Gasteiger partial charge in [-0.15, -0.1) is 0 Å². The summed E-state index contributed by atoms with van der Waals surface area (Å²) in [7, 11) is 0. The topological polar surface area (TPSA) is 45.1 Å². The van der Waals surface area contributed by atoms with Gasteiger partial charge in [0.15, 0.2) is 5.60 Å². The average molecular weight is 545 g/mol. The molecule has 2 aliphatic rings. The monoisotopic (exact) mass is 543 g/mol. The Balaban J connectivity index is 1.41. The van der Waals surface area contributed by atoms with Crippen LogP contribution in [0.3, 0.4) is 0 Å². The molecule has 1 fully saturated rings. The van der Waals surface area contributed by atoms with Crippen LogP contribution in [0.2, 0.25) is 10.0 Å². The van der Waals surface area contributed by atoms with Crippen LogP contribution in [-0.2, 0) is 11.4 Å². The van der Waals surface area contributed by atoms with Gasteiger partial charge in [0, 0.05) is 33.0 Å². The maximum absolute atomic E-state index is 13.5. The lowest BCUT2D eigenvalue weighted by molar-refractivity contribution is -0.00171. The van der Waals surface area contributed by atoms with E-state index < -0.39 is 5.60 Å². The number of hydrogen-bond acceptors (Lipinski definition) is 4. The molecule has 1 atom stereocenters. The number of rotatable bonds is 4. The number of halogens is 3. The van der Waals surface area contributed by atoms with Gasteiger partial charge in [-0.25, -0.2) is 5.01 Å². The number of benzene rings is 3. The summed E-state index contributed by atoms with van der Waals surface area (Å²) in [6.07, 6.45) is 0.605. The fourth-order valence-electron chi connectivity index (χ4n) is 4.26. The molecule has 5 rings (SSSR count). The molecule has 1 unspecified atom stereocenters. The lowest BCUT2D eigenvalue weighted by Gasteiger charge is -2.27. The predicted molar refractivity (Wildman–Crippen MR) is 133 cm³/mol. The first-order valence-corrected chi connectivity index (χ1v) is 12.0. The van der Waals surface area contributed by atoms with E-state index in [2.05, 4.69) is 27.2 Å². The highest BCUT2D eigenvalue weighted by Gasteiger charge is 2.51. The molecule has 3 aromatic rings. The van der Waals surface area contributed by atoms with Gasteiger partial charge in [-0.05, 0) is 59.7 Å². The molecular weight excluding hydrogens is 525 g/mol. The summed E-state index contributed by atoms with van der Waals surface area (Å²) >= 11 is 15.6. The fourth-order valence-corrected chi connectivity index (χ4v) is 4.96. The third-order valence-corrected chi connectivity index (χ3v) is 6.84. The summed E-state index contributed by atoms with van der Waals surface area (Å²) in [5, 5.41) is 9.47. The molecule has 0 aliphatic carbocycles. The lowest BCUT2D eigenvalue weighted by Crippen LogP contribution is -2.41.